The molecular formula is C27H32N4O3. The highest BCUT2D eigenvalue weighted by Gasteiger charge is 2.23. The summed E-state index contributed by atoms with van der Waals surface area (Å²) in [5, 5.41) is 17.0. The summed E-state index contributed by atoms with van der Waals surface area (Å²) in [6.45, 7) is 7.84. The van der Waals surface area contributed by atoms with Crippen molar-refractivity contribution in [1.82, 2.24) is 15.3 Å². The molecule has 0 bridgehead atoms. The first-order valence-electron chi connectivity index (χ1n) is 11.4. The summed E-state index contributed by atoms with van der Waals surface area (Å²) in [6.07, 6.45) is 4.95. The minimum atomic E-state index is -0.974. The fraction of sp³-hybridized carbons (Fsp3) is 0.296. The maximum Gasteiger partial charge on any atom is 0.323 e. The predicted molar refractivity (Wildman–Crippen MR) is 135 cm³/mol. The number of nitrogens with one attached hydrogen (secondary N) is 2. The van der Waals surface area contributed by atoms with Gasteiger partial charge in [-0.1, -0.05) is 42.5 Å². The van der Waals surface area contributed by atoms with Crippen molar-refractivity contribution < 1.29 is 14.6 Å². The molecule has 34 heavy (non-hydrogen) atoms. The second-order valence-electron chi connectivity index (χ2n) is 8.09. The lowest BCUT2D eigenvalue weighted by molar-refractivity contribution is -0.146. The minimum Gasteiger partial charge on any atom is -0.465 e. The van der Waals surface area contributed by atoms with E-state index in [0.29, 0.717) is 12.4 Å². The first-order chi connectivity index (χ1) is 16.4. The average Bonchev–Trinajstić information content (AvgIpc) is 2.79. The van der Waals surface area contributed by atoms with Crippen LogP contribution in [0.5, 0.6) is 0 Å². The zero-order chi connectivity index (χ0) is 24.5. The third-order valence-electron chi connectivity index (χ3n) is 5.39. The van der Waals surface area contributed by atoms with Gasteiger partial charge in [0.05, 0.1) is 6.61 Å². The fourth-order valence-electron chi connectivity index (χ4n) is 3.66. The molecule has 0 radical (unpaired) electrons. The molecule has 0 saturated carbocycles. The summed E-state index contributed by atoms with van der Waals surface area (Å²) >= 11 is 0. The highest BCUT2D eigenvalue weighted by atomic mass is 16.5. The Hall–Kier alpha value is -3.55. The molecule has 0 amide bonds. The van der Waals surface area contributed by atoms with E-state index in [2.05, 4.69) is 20.6 Å². The number of anilines is 2. The third kappa shape index (κ3) is 6.97. The number of aliphatic hydroxyl groups excluding tert-OH is 1. The SMILES string of the molecule is CCOC(=O)C(C/C=C/c1ccc(Nc2nccc(C)n2)cc1)NC(O)c1c(C)cccc1C. The monoisotopic (exact) mass is 460 g/mol. The molecule has 7 nitrogen and oxygen atoms in total. The highest BCUT2D eigenvalue weighted by Crippen LogP contribution is 2.21. The summed E-state index contributed by atoms with van der Waals surface area (Å²) in [4.78, 5) is 21.1. The van der Waals surface area contributed by atoms with Crippen LogP contribution in [0, 0.1) is 20.8 Å². The molecular weight excluding hydrogens is 428 g/mol. The summed E-state index contributed by atoms with van der Waals surface area (Å²) in [6, 6.07) is 14.8. The molecule has 2 unspecified atom stereocenters. The second-order valence-corrected chi connectivity index (χ2v) is 8.09. The van der Waals surface area contributed by atoms with Crippen molar-refractivity contribution >= 4 is 23.7 Å². The van der Waals surface area contributed by atoms with Gasteiger partial charge < -0.3 is 15.2 Å². The van der Waals surface area contributed by atoms with Crippen LogP contribution in [-0.2, 0) is 9.53 Å². The van der Waals surface area contributed by atoms with Crippen LogP contribution in [0.4, 0.5) is 11.6 Å². The van der Waals surface area contributed by atoms with Gasteiger partial charge in [0.25, 0.3) is 0 Å². The molecule has 0 aliphatic heterocycles. The third-order valence-corrected chi connectivity index (χ3v) is 5.39. The number of hydrogen-bond donors (Lipinski definition) is 3. The Balaban J connectivity index is 1.65. The number of aromatic nitrogens is 2. The maximum atomic E-state index is 12.5. The Morgan fingerprint density at radius 3 is 2.44 bits per heavy atom. The normalized spacial score (nSPS) is 13.0. The van der Waals surface area contributed by atoms with Crippen molar-refractivity contribution in [2.24, 2.45) is 0 Å². The number of carbonyl (C=O) groups is 1. The number of rotatable bonds is 10. The number of carbonyl (C=O) groups excluding carboxylic acids is 1. The molecule has 3 N–H and O–H groups in total. The first kappa shape index (κ1) is 25.1. The molecule has 0 saturated heterocycles. The van der Waals surface area contributed by atoms with E-state index in [4.69, 9.17) is 4.74 Å². The molecule has 178 valence electrons. The maximum absolute atomic E-state index is 12.5. The van der Waals surface area contributed by atoms with E-state index in [0.717, 1.165) is 33.6 Å². The van der Waals surface area contributed by atoms with Crippen molar-refractivity contribution in [1.29, 1.82) is 0 Å². The van der Waals surface area contributed by atoms with E-state index in [1.165, 1.54) is 0 Å². The number of nitrogens with zero attached hydrogens (tertiary/aromatic N) is 2. The van der Waals surface area contributed by atoms with E-state index in [1.807, 2.05) is 81.5 Å². The van der Waals surface area contributed by atoms with Gasteiger partial charge in [-0.2, -0.15) is 0 Å². The summed E-state index contributed by atoms with van der Waals surface area (Å²) in [7, 11) is 0. The molecule has 3 aromatic rings. The van der Waals surface area contributed by atoms with Gasteiger partial charge in [-0.15, -0.1) is 0 Å². The van der Waals surface area contributed by atoms with Gasteiger partial charge in [0.2, 0.25) is 5.95 Å². The Bertz CT molecular complexity index is 1110. The minimum absolute atomic E-state index is 0.277. The zero-order valence-corrected chi connectivity index (χ0v) is 20.1. The zero-order valence-electron chi connectivity index (χ0n) is 20.1. The van der Waals surface area contributed by atoms with Crippen LogP contribution in [0.2, 0.25) is 0 Å². The van der Waals surface area contributed by atoms with Crippen LogP contribution in [0.25, 0.3) is 6.08 Å². The number of benzene rings is 2. The summed E-state index contributed by atoms with van der Waals surface area (Å²) < 4.78 is 5.22. The van der Waals surface area contributed by atoms with E-state index in [1.54, 1.807) is 13.1 Å². The average molecular weight is 461 g/mol. The van der Waals surface area contributed by atoms with Crippen LogP contribution in [0.3, 0.4) is 0 Å². The van der Waals surface area contributed by atoms with Gasteiger partial charge in [-0.25, -0.2) is 9.97 Å². The highest BCUT2D eigenvalue weighted by molar-refractivity contribution is 5.76. The Morgan fingerprint density at radius 2 is 1.79 bits per heavy atom. The van der Waals surface area contributed by atoms with Crippen LogP contribution < -0.4 is 10.6 Å². The first-order valence-corrected chi connectivity index (χ1v) is 11.4. The standard InChI is InChI=1S/C27H32N4O3/c1-5-34-26(33)23(31-25(32)24-18(2)8-6-9-19(24)3)11-7-10-21-12-14-22(15-13-21)30-27-28-17-16-20(4)29-27/h6-10,12-17,23,25,31-32H,5,11H2,1-4H3,(H,28,29,30)/b10-7+. The molecule has 0 fully saturated rings. The lowest BCUT2D eigenvalue weighted by Crippen LogP contribution is -2.40. The van der Waals surface area contributed by atoms with Gasteiger partial charge in [-0.3, -0.25) is 10.1 Å². The van der Waals surface area contributed by atoms with Crippen molar-refractivity contribution in [3.63, 3.8) is 0 Å². The lowest BCUT2D eigenvalue weighted by Gasteiger charge is -2.23. The van der Waals surface area contributed by atoms with Gasteiger partial charge in [-0.05, 0) is 69.0 Å². The number of hydrogen-bond acceptors (Lipinski definition) is 7. The van der Waals surface area contributed by atoms with Gasteiger partial charge >= 0.3 is 5.97 Å². The van der Waals surface area contributed by atoms with Crippen LogP contribution in [0.1, 0.15) is 47.5 Å². The van der Waals surface area contributed by atoms with Crippen molar-refractivity contribution in [3.8, 4) is 0 Å². The van der Waals surface area contributed by atoms with Gasteiger partial charge in [0.1, 0.15) is 12.3 Å². The van der Waals surface area contributed by atoms with Crippen molar-refractivity contribution in [3.05, 3.63) is 88.8 Å². The lowest BCUT2D eigenvalue weighted by atomic mass is 10.0. The molecule has 0 aliphatic carbocycles. The topological polar surface area (TPSA) is 96.4 Å². The summed E-state index contributed by atoms with van der Waals surface area (Å²) in [5.74, 6) is 0.157. The molecule has 0 spiro atoms. The smallest absolute Gasteiger partial charge is 0.323 e. The molecule has 2 aromatic carbocycles. The number of aliphatic hydroxyl groups is 1. The Morgan fingerprint density at radius 1 is 1.09 bits per heavy atom. The number of esters is 1. The quantitative estimate of drug-likeness (QED) is 0.296. The number of aryl methyl sites for hydroxylation is 3. The molecule has 1 aromatic heterocycles. The van der Waals surface area contributed by atoms with Crippen molar-refractivity contribution in [2.75, 3.05) is 11.9 Å². The molecule has 1 heterocycles. The van der Waals surface area contributed by atoms with E-state index in [-0.39, 0.29) is 6.61 Å². The largest absolute Gasteiger partial charge is 0.465 e. The van der Waals surface area contributed by atoms with E-state index in [9.17, 15) is 9.90 Å². The van der Waals surface area contributed by atoms with Crippen LogP contribution in [0.15, 0.2) is 60.8 Å². The van der Waals surface area contributed by atoms with Gasteiger partial charge in [0, 0.05) is 23.1 Å². The molecule has 0 aliphatic rings. The Kier molecular flexibility index (Phi) is 8.90. The van der Waals surface area contributed by atoms with Gasteiger partial charge in [0.15, 0.2) is 0 Å². The fourth-order valence-corrected chi connectivity index (χ4v) is 3.66. The van der Waals surface area contributed by atoms with Crippen molar-refractivity contribution in [2.45, 2.75) is 46.4 Å². The van der Waals surface area contributed by atoms with E-state index >= 15 is 0 Å². The predicted octanol–water partition coefficient (Wildman–Crippen LogP) is 4.76. The molecule has 2 atom stereocenters. The van der Waals surface area contributed by atoms with Crippen LogP contribution in [-0.4, -0.2) is 33.7 Å². The number of ether oxygens (including phenoxy) is 1. The molecule has 3 rings (SSSR count). The Labute approximate surface area is 200 Å². The molecule has 7 heteroatoms. The van der Waals surface area contributed by atoms with Crippen LogP contribution >= 0.6 is 0 Å². The second kappa shape index (κ2) is 12.1. The summed E-state index contributed by atoms with van der Waals surface area (Å²) in [5.41, 5.74) is 5.45. The van der Waals surface area contributed by atoms with E-state index < -0.39 is 18.2 Å².